The summed E-state index contributed by atoms with van der Waals surface area (Å²) in [6.45, 7) is 6.92. The van der Waals surface area contributed by atoms with Crippen LogP contribution in [-0.4, -0.2) is 26.9 Å². The van der Waals surface area contributed by atoms with Gasteiger partial charge in [0.15, 0.2) is 5.44 Å². The third kappa shape index (κ3) is 9.31. The first-order chi connectivity index (χ1) is 9.94. The van der Waals surface area contributed by atoms with Gasteiger partial charge >= 0.3 is 5.97 Å². The molecule has 0 radical (unpaired) electrons. The van der Waals surface area contributed by atoms with Gasteiger partial charge in [-0.3, -0.25) is 9.59 Å². The second-order valence-electron chi connectivity index (χ2n) is 3.88. The molecule has 0 amide bonds. The third-order valence-corrected chi connectivity index (χ3v) is 4.32. The first kappa shape index (κ1) is 19.7. The lowest BCUT2D eigenvalue weighted by Crippen LogP contribution is -2.25. The highest BCUT2D eigenvalue weighted by molar-refractivity contribution is 8.17. The van der Waals surface area contributed by atoms with Gasteiger partial charge in [-0.1, -0.05) is 30.0 Å². The van der Waals surface area contributed by atoms with Crippen molar-refractivity contribution < 1.29 is 19.1 Å². The Kier molecular flexibility index (Phi) is 10.7. The van der Waals surface area contributed by atoms with Crippen molar-refractivity contribution in [2.45, 2.75) is 38.4 Å². The van der Waals surface area contributed by atoms with Crippen molar-refractivity contribution in [1.82, 2.24) is 0 Å². The minimum absolute atomic E-state index is 0.142. The molecule has 6 heteroatoms. The summed E-state index contributed by atoms with van der Waals surface area (Å²) >= 11 is 1.92. The topological polar surface area (TPSA) is 60.4 Å². The maximum Gasteiger partial charge on any atom is 0.331 e. The van der Waals surface area contributed by atoms with E-state index in [4.69, 9.17) is 4.74 Å². The van der Waals surface area contributed by atoms with Crippen LogP contribution in [-0.2, 0) is 19.1 Å². The van der Waals surface area contributed by atoms with E-state index in [0.717, 1.165) is 23.5 Å². The highest BCUT2D eigenvalue weighted by Crippen LogP contribution is 2.27. The molecule has 0 aliphatic heterocycles. The van der Waals surface area contributed by atoms with Crippen molar-refractivity contribution in [2.75, 3.05) is 0 Å². The van der Waals surface area contributed by atoms with E-state index < -0.39 is 11.4 Å². The van der Waals surface area contributed by atoms with E-state index in [2.05, 4.69) is 0 Å². The molecule has 0 aromatic rings. The summed E-state index contributed by atoms with van der Waals surface area (Å²) in [6, 6.07) is 0. The Morgan fingerprint density at radius 2 is 1.33 bits per heavy atom. The smallest absolute Gasteiger partial charge is 0.331 e. The maximum absolute atomic E-state index is 11.7. The number of hydrogen-bond donors (Lipinski definition) is 0. The molecule has 0 saturated heterocycles. The van der Waals surface area contributed by atoms with E-state index in [-0.39, 0.29) is 15.5 Å². The number of esters is 1. The summed E-state index contributed by atoms with van der Waals surface area (Å²) < 4.78 is 5.23. The van der Waals surface area contributed by atoms with Crippen LogP contribution >= 0.6 is 23.5 Å². The number of rotatable bonds is 7. The van der Waals surface area contributed by atoms with Crippen LogP contribution in [0.15, 0.2) is 36.5 Å². The van der Waals surface area contributed by atoms with Crippen LogP contribution in [0.2, 0.25) is 0 Å². The Balaban J connectivity index is 4.87. The summed E-state index contributed by atoms with van der Waals surface area (Å²) in [7, 11) is 0. The lowest BCUT2D eigenvalue weighted by molar-refractivity contribution is -0.139. The largest absolute Gasteiger partial charge is 0.446 e. The van der Waals surface area contributed by atoms with Crippen LogP contribution < -0.4 is 0 Å². The summed E-state index contributed by atoms with van der Waals surface area (Å²) in [5.74, 6) is -0.533. The van der Waals surface area contributed by atoms with Gasteiger partial charge in [-0.25, -0.2) is 4.79 Å². The Labute approximate surface area is 134 Å². The van der Waals surface area contributed by atoms with E-state index in [1.807, 2.05) is 0 Å². The first-order valence-corrected chi connectivity index (χ1v) is 8.20. The Morgan fingerprint density at radius 3 is 1.81 bits per heavy atom. The Morgan fingerprint density at radius 1 is 0.857 bits per heavy atom. The molecule has 2 atom stereocenters. The van der Waals surface area contributed by atoms with Crippen LogP contribution in [0.1, 0.15) is 27.7 Å². The first-order valence-electron chi connectivity index (χ1n) is 6.44. The maximum atomic E-state index is 11.7. The zero-order valence-electron chi connectivity index (χ0n) is 12.6. The Hall–Kier alpha value is -1.27. The van der Waals surface area contributed by atoms with Crippen molar-refractivity contribution in [3.8, 4) is 0 Å². The molecule has 0 N–H and O–H groups in total. The standard InChI is InChI=1S/C15H20O4S2/c1-5-8-12(16)19-15(21-14(18)10-7-3)11(4)20-13(17)9-6-2/h5-11,15H,1-4H3. The van der Waals surface area contributed by atoms with E-state index in [0.29, 0.717) is 0 Å². The van der Waals surface area contributed by atoms with E-state index >= 15 is 0 Å². The molecule has 0 saturated carbocycles. The zero-order valence-corrected chi connectivity index (χ0v) is 14.2. The normalized spacial score (nSPS) is 14.7. The molecule has 0 heterocycles. The van der Waals surface area contributed by atoms with Gasteiger partial charge in [0, 0.05) is 6.08 Å². The van der Waals surface area contributed by atoms with E-state index in [1.165, 1.54) is 18.2 Å². The van der Waals surface area contributed by atoms with Gasteiger partial charge in [0.05, 0.1) is 5.25 Å². The number of carbonyl (C=O) groups is 3. The minimum atomic E-state index is -0.725. The summed E-state index contributed by atoms with van der Waals surface area (Å²) in [5, 5.41) is -0.708. The molecule has 0 aromatic heterocycles. The number of ether oxygens (including phenoxy) is 1. The fourth-order valence-electron chi connectivity index (χ4n) is 1.21. The molecular weight excluding hydrogens is 308 g/mol. The molecular formula is C15H20O4S2. The third-order valence-electron chi connectivity index (χ3n) is 2.06. The van der Waals surface area contributed by atoms with Crippen molar-refractivity contribution in [3.63, 3.8) is 0 Å². The minimum Gasteiger partial charge on any atom is -0.446 e. The molecule has 2 unspecified atom stereocenters. The lowest BCUT2D eigenvalue weighted by Gasteiger charge is -2.20. The van der Waals surface area contributed by atoms with E-state index in [1.54, 1.807) is 45.9 Å². The van der Waals surface area contributed by atoms with Crippen molar-refractivity contribution in [1.29, 1.82) is 0 Å². The molecule has 4 nitrogen and oxygen atoms in total. The molecule has 0 aliphatic rings. The van der Waals surface area contributed by atoms with Crippen LogP contribution in [0, 0.1) is 0 Å². The van der Waals surface area contributed by atoms with Crippen LogP contribution in [0.5, 0.6) is 0 Å². The van der Waals surface area contributed by atoms with Gasteiger partial charge in [-0.05, 0) is 51.6 Å². The van der Waals surface area contributed by atoms with Crippen molar-refractivity contribution in [2.24, 2.45) is 0 Å². The van der Waals surface area contributed by atoms with Gasteiger partial charge in [0.2, 0.25) is 10.2 Å². The fourth-order valence-corrected chi connectivity index (χ4v) is 3.07. The number of carbonyl (C=O) groups excluding carboxylic acids is 3. The summed E-state index contributed by atoms with van der Waals surface area (Å²) in [4.78, 5) is 34.8. The quantitative estimate of drug-likeness (QED) is 0.405. The van der Waals surface area contributed by atoms with Crippen molar-refractivity contribution >= 4 is 39.7 Å². The Bertz CT molecular complexity index is 427. The summed E-state index contributed by atoms with van der Waals surface area (Å²) in [6.07, 6.45) is 8.92. The zero-order chi connectivity index (χ0) is 16.3. The average molecular weight is 328 g/mol. The van der Waals surface area contributed by atoms with Crippen LogP contribution in [0.25, 0.3) is 0 Å². The molecule has 0 rings (SSSR count). The molecule has 0 bridgehead atoms. The van der Waals surface area contributed by atoms with Gasteiger partial charge < -0.3 is 4.74 Å². The summed E-state index contributed by atoms with van der Waals surface area (Å²) in [5.41, 5.74) is -0.725. The average Bonchev–Trinajstić information content (AvgIpc) is 2.38. The fraction of sp³-hybridized carbons (Fsp3) is 0.400. The second kappa shape index (κ2) is 11.4. The number of allylic oxidation sites excluding steroid dienone is 3. The van der Waals surface area contributed by atoms with Gasteiger partial charge in [-0.15, -0.1) is 0 Å². The molecule has 0 spiro atoms. The van der Waals surface area contributed by atoms with Gasteiger partial charge in [0.25, 0.3) is 0 Å². The molecule has 0 aromatic carbocycles. The molecule has 0 fully saturated rings. The van der Waals surface area contributed by atoms with Crippen LogP contribution in [0.4, 0.5) is 0 Å². The SMILES string of the molecule is CC=CC(=O)OC(SC(=O)C=CC)C(C)SC(=O)C=CC. The highest BCUT2D eigenvalue weighted by atomic mass is 32.2. The molecule has 0 aliphatic carbocycles. The highest BCUT2D eigenvalue weighted by Gasteiger charge is 2.26. The van der Waals surface area contributed by atoms with Gasteiger partial charge in [-0.2, -0.15) is 0 Å². The van der Waals surface area contributed by atoms with Crippen LogP contribution in [0.3, 0.4) is 0 Å². The monoisotopic (exact) mass is 328 g/mol. The predicted molar refractivity (Wildman–Crippen MR) is 89.0 cm³/mol. The lowest BCUT2D eigenvalue weighted by atomic mass is 10.5. The second-order valence-corrected chi connectivity index (χ2v) is 6.37. The van der Waals surface area contributed by atoms with Crippen molar-refractivity contribution in [3.05, 3.63) is 36.5 Å². The van der Waals surface area contributed by atoms with Gasteiger partial charge in [0.1, 0.15) is 0 Å². The number of hydrogen-bond acceptors (Lipinski definition) is 6. The molecule has 116 valence electrons. The van der Waals surface area contributed by atoms with E-state index in [9.17, 15) is 14.4 Å². The molecule has 21 heavy (non-hydrogen) atoms. The number of thioether (sulfide) groups is 2. The predicted octanol–water partition coefficient (Wildman–Crippen LogP) is 3.49.